The van der Waals surface area contributed by atoms with Crippen LogP contribution in [0.5, 0.6) is 0 Å². The van der Waals surface area contributed by atoms with Crippen molar-refractivity contribution in [2.45, 2.75) is 40.7 Å². The summed E-state index contributed by atoms with van der Waals surface area (Å²) in [6.45, 7) is 9.88. The summed E-state index contributed by atoms with van der Waals surface area (Å²) in [5, 5.41) is 2.94. The van der Waals surface area contributed by atoms with Crippen molar-refractivity contribution in [2.24, 2.45) is 0 Å². The molecule has 0 aromatic heterocycles. The highest BCUT2D eigenvalue weighted by atomic mass is 19.2. The topological polar surface area (TPSA) is 12.0 Å². The first-order valence-electron chi connectivity index (χ1n) is 5.77. The maximum Gasteiger partial charge on any atom is 0.159 e. The van der Waals surface area contributed by atoms with Crippen LogP contribution in [0.15, 0.2) is 18.2 Å². The van der Waals surface area contributed by atoms with E-state index in [2.05, 4.69) is 5.32 Å². The second-order valence-corrected chi connectivity index (χ2v) is 2.68. The van der Waals surface area contributed by atoms with Crippen LogP contribution in [0.4, 0.5) is 8.78 Å². The number of halogens is 2. The van der Waals surface area contributed by atoms with Crippen molar-refractivity contribution in [3.63, 3.8) is 0 Å². The van der Waals surface area contributed by atoms with Gasteiger partial charge in [0.2, 0.25) is 0 Å². The van der Waals surface area contributed by atoms with Crippen molar-refractivity contribution in [2.75, 3.05) is 7.05 Å². The third-order valence-corrected chi connectivity index (χ3v) is 1.88. The summed E-state index contributed by atoms with van der Waals surface area (Å²) in [6.07, 6.45) is 0. The molecule has 0 spiro atoms. The molecular weight excluding hydrogens is 208 g/mol. The van der Waals surface area contributed by atoms with Crippen LogP contribution in [-0.4, -0.2) is 7.05 Å². The van der Waals surface area contributed by atoms with Gasteiger partial charge in [-0.05, 0) is 31.7 Å². The lowest BCUT2D eigenvalue weighted by molar-refractivity contribution is 0.504. The molecule has 1 aromatic carbocycles. The molecule has 0 aliphatic carbocycles. The van der Waals surface area contributed by atoms with Gasteiger partial charge in [0.05, 0.1) is 0 Å². The van der Waals surface area contributed by atoms with E-state index in [9.17, 15) is 8.78 Å². The van der Waals surface area contributed by atoms with Crippen LogP contribution in [0.25, 0.3) is 0 Å². The van der Waals surface area contributed by atoms with E-state index >= 15 is 0 Å². The van der Waals surface area contributed by atoms with Gasteiger partial charge in [0, 0.05) is 6.04 Å². The molecule has 3 heteroatoms. The zero-order valence-electron chi connectivity index (χ0n) is 11.1. The lowest BCUT2D eigenvalue weighted by Crippen LogP contribution is -2.12. The van der Waals surface area contributed by atoms with Crippen LogP contribution in [0.3, 0.4) is 0 Å². The predicted molar refractivity (Wildman–Crippen MR) is 66.5 cm³/mol. The summed E-state index contributed by atoms with van der Waals surface area (Å²) in [5.41, 5.74) is 0.747. The molecule has 0 saturated carbocycles. The molecule has 0 aliphatic heterocycles. The Morgan fingerprint density at radius 1 is 1.00 bits per heavy atom. The van der Waals surface area contributed by atoms with Crippen LogP contribution in [0.2, 0.25) is 0 Å². The maximum atomic E-state index is 12.7. The van der Waals surface area contributed by atoms with E-state index in [0.29, 0.717) is 0 Å². The quantitative estimate of drug-likeness (QED) is 0.800. The first kappa shape index (κ1) is 17.4. The molecule has 0 fully saturated rings. The van der Waals surface area contributed by atoms with Gasteiger partial charge in [-0.15, -0.1) is 0 Å². The van der Waals surface area contributed by atoms with E-state index in [1.807, 2.05) is 34.6 Å². The minimum Gasteiger partial charge on any atom is -0.313 e. The fourth-order valence-corrected chi connectivity index (χ4v) is 0.948. The Bertz CT molecular complexity index is 275. The molecule has 1 atom stereocenters. The van der Waals surface area contributed by atoms with Gasteiger partial charge < -0.3 is 5.32 Å². The van der Waals surface area contributed by atoms with Crippen molar-refractivity contribution >= 4 is 0 Å². The molecule has 1 unspecified atom stereocenters. The number of hydrogen-bond donors (Lipinski definition) is 1. The first-order chi connectivity index (χ1) is 7.65. The van der Waals surface area contributed by atoms with Gasteiger partial charge in [0.15, 0.2) is 11.6 Å². The average molecular weight is 231 g/mol. The normalized spacial score (nSPS) is 10.5. The lowest BCUT2D eigenvalue weighted by Gasteiger charge is -2.09. The third kappa shape index (κ3) is 5.81. The second kappa shape index (κ2) is 10.6. The fourth-order valence-electron chi connectivity index (χ4n) is 0.948. The van der Waals surface area contributed by atoms with E-state index in [0.717, 1.165) is 11.6 Å². The third-order valence-electron chi connectivity index (χ3n) is 1.88. The highest BCUT2D eigenvalue weighted by Gasteiger charge is 2.06. The number of rotatable bonds is 2. The average Bonchev–Trinajstić information content (AvgIpc) is 2.36. The van der Waals surface area contributed by atoms with Crippen molar-refractivity contribution in [1.29, 1.82) is 0 Å². The molecule has 16 heavy (non-hydrogen) atoms. The van der Waals surface area contributed by atoms with Gasteiger partial charge in [-0.3, -0.25) is 0 Å². The Hall–Kier alpha value is -0.960. The van der Waals surface area contributed by atoms with Crippen LogP contribution in [0, 0.1) is 11.6 Å². The Labute approximate surface area is 97.9 Å². The van der Waals surface area contributed by atoms with E-state index in [-0.39, 0.29) is 6.04 Å². The molecule has 1 nitrogen and oxygen atoms in total. The van der Waals surface area contributed by atoms with Gasteiger partial charge in [-0.25, -0.2) is 8.78 Å². The zero-order chi connectivity index (χ0) is 13.1. The van der Waals surface area contributed by atoms with E-state index < -0.39 is 11.6 Å². The zero-order valence-corrected chi connectivity index (χ0v) is 11.1. The minimum absolute atomic E-state index is 0.0418. The Kier molecular flexibility index (Phi) is 11.5. The second-order valence-electron chi connectivity index (χ2n) is 2.68. The maximum absolute atomic E-state index is 12.7. The molecule has 0 radical (unpaired) electrons. The number of hydrogen-bond acceptors (Lipinski definition) is 1. The van der Waals surface area contributed by atoms with Crippen molar-refractivity contribution in [1.82, 2.24) is 5.32 Å². The number of benzene rings is 1. The van der Waals surface area contributed by atoms with E-state index in [1.165, 1.54) is 6.07 Å². The predicted octanol–water partition coefficient (Wildman–Crippen LogP) is 4.30. The summed E-state index contributed by atoms with van der Waals surface area (Å²) in [5.74, 6) is -1.60. The molecule has 0 aliphatic rings. The highest BCUT2D eigenvalue weighted by molar-refractivity contribution is 5.20. The Morgan fingerprint density at radius 3 is 1.88 bits per heavy atom. The lowest BCUT2D eigenvalue weighted by atomic mass is 10.1. The van der Waals surface area contributed by atoms with E-state index in [4.69, 9.17) is 0 Å². The van der Waals surface area contributed by atoms with Crippen molar-refractivity contribution < 1.29 is 8.78 Å². The molecule has 94 valence electrons. The fraction of sp³-hybridized carbons (Fsp3) is 0.538. The van der Waals surface area contributed by atoms with E-state index in [1.54, 1.807) is 13.1 Å². The van der Waals surface area contributed by atoms with Gasteiger partial charge >= 0.3 is 0 Å². The summed E-state index contributed by atoms with van der Waals surface area (Å²) >= 11 is 0. The first-order valence-corrected chi connectivity index (χ1v) is 5.77. The molecule has 1 rings (SSSR count). The van der Waals surface area contributed by atoms with Crippen LogP contribution < -0.4 is 5.32 Å². The summed E-state index contributed by atoms with van der Waals surface area (Å²) in [4.78, 5) is 0. The minimum atomic E-state index is -0.804. The monoisotopic (exact) mass is 231 g/mol. The summed E-state index contributed by atoms with van der Waals surface area (Å²) in [7, 11) is 1.77. The van der Waals surface area contributed by atoms with Gasteiger partial charge in [0.25, 0.3) is 0 Å². The summed E-state index contributed by atoms with van der Waals surface area (Å²) in [6, 6.07) is 3.95. The molecule has 0 heterocycles. The van der Waals surface area contributed by atoms with Gasteiger partial charge in [0.1, 0.15) is 0 Å². The molecule has 0 bridgehead atoms. The Balaban J connectivity index is 0. The van der Waals surface area contributed by atoms with Crippen molar-refractivity contribution in [3.8, 4) is 0 Å². The van der Waals surface area contributed by atoms with Gasteiger partial charge in [-0.1, -0.05) is 33.8 Å². The van der Waals surface area contributed by atoms with Crippen LogP contribution >= 0.6 is 0 Å². The highest BCUT2D eigenvalue weighted by Crippen LogP contribution is 2.14. The Morgan fingerprint density at radius 2 is 1.50 bits per heavy atom. The SMILES string of the molecule is CC.CC.CNC(C)c1ccc(F)c(F)c1. The van der Waals surface area contributed by atoms with Crippen LogP contribution in [0.1, 0.15) is 46.2 Å². The van der Waals surface area contributed by atoms with Crippen molar-refractivity contribution in [3.05, 3.63) is 35.4 Å². The molecule has 0 amide bonds. The molecular formula is C13H23F2N. The standard InChI is InChI=1S/C9H11F2N.2C2H6/c1-6(12-2)7-3-4-8(10)9(11)5-7;2*1-2/h3-6,12H,1-2H3;2*1-2H3. The summed E-state index contributed by atoms with van der Waals surface area (Å²) < 4.78 is 25.1. The molecule has 0 saturated heterocycles. The molecule has 1 aromatic rings. The largest absolute Gasteiger partial charge is 0.313 e. The molecule has 1 N–H and O–H groups in total. The van der Waals surface area contributed by atoms with Gasteiger partial charge in [-0.2, -0.15) is 0 Å². The van der Waals surface area contributed by atoms with Crippen LogP contribution in [-0.2, 0) is 0 Å². The number of nitrogens with one attached hydrogen (secondary N) is 1. The smallest absolute Gasteiger partial charge is 0.159 e.